The zero-order chi connectivity index (χ0) is 6.69. The topological polar surface area (TPSA) is 41.6 Å². The molecule has 1 rings (SSSR count). The standard InChI is InChI=1S/C5H7N3S/c1-4-6-5(2-3-9)8-7-4/h3H,2H2,1H3,(H,6,7,8). The number of hydrogen-bond acceptors (Lipinski definition) is 3. The monoisotopic (exact) mass is 141 g/mol. The molecule has 0 saturated carbocycles. The molecule has 0 radical (unpaired) electrons. The molecule has 3 nitrogen and oxygen atoms in total. The molecule has 0 unspecified atom stereocenters. The minimum atomic E-state index is 0.666. The van der Waals surface area contributed by atoms with E-state index in [4.69, 9.17) is 0 Å². The van der Waals surface area contributed by atoms with Gasteiger partial charge in [0.2, 0.25) is 0 Å². The summed E-state index contributed by atoms with van der Waals surface area (Å²) < 4.78 is 0. The van der Waals surface area contributed by atoms with Crippen LogP contribution in [0.3, 0.4) is 0 Å². The Morgan fingerprint density at radius 1 is 1.78 bits per heavy atom. The van der Waals surface area contributed by atoms with Crippen LogP contribution in [0.1, 0.15) is 11.6 Å². The second kappa shape index (κ2) is 2.68. The second-order valence-electron chi connectivity index (χ2n) is 1.71. The molecular weight excluding hydrogens is 134 g/mol. The number of nitrogens with zero attached hydrogens (tertiary/aromatic N) is 2. The van der Waals surface area contributed by atoms with E-state index in [0.29, 0.717) is 6.42 Å². The van der Waals surface area contributed by atoms with Gasteiger partial charge in [-0.05, 0) is 12.3 Å². The Morgan fingerprint density at radius 2 is 2.56 bits per heavy atom. The fraction of sp³-hybridized carbons (Fsp3) is 0.400. The Kier molecular flexibility index (Phi) is 1.89. The Hall–Kier alpha value is -0.770. The number of aromatic nitrogens is 3. The van der Waals surface area contributed by atoms with Crippen molar-refractivity contribution in [3.63, 3.8) is 0 Å². The fourth-order valence-electron chi connectivity index (χ4n) is 0.555. The van der Waals surface area contributed by atoms with E-state index in [0.717, 1.165) is 11.6 Å². The average Bonchev–Trinajstić information content (AvgIpc) is 2.17. The van der Waals surface area contributed by atoms with Crippen molar-refractivity contribution in [2.24, 2.45) is 0 Å². The van der Waals surface area contributed by atoms with Gasteiger partial charge in [-0.1, -0.05) is 12.2 Å². The number of rotatable bonds is 2. The van der Waals surface area contributed by atoms with Gasteiger partial charge in [0.15, 0.2) is 5.82 Å². The van der Waals surface area contributed by atoms with Gasteiger partial charge in [0.1, 0.15) is 5.82 Å². The van der Waals surface area contributed by atoms with Gasteiger partial charge in [0.05, 0.1) is 0 Å². The zero-order valence-electron chi connectivity index (χ0n) is 5.09. The second-order valence-corrected chi connectivity index (χ2v) is 2.04. The molecule has 0 spiro atoms. The van der Waals surface area contributed by atoms with Gasteiger partial charge in [0, 0.05) is 6.42 Å². The molecule has 0 amide bonds. The predicted molar refractivity (Wildman–Crippen MR) is 38.5 cm³/mol. The molecule has 1 heterocycles. The Morgan fingerprint density at radius 3 is 3.00 bits per heavy atom. The first-order valence-corrected chi connectivity index (χ1v) is 3.11. The number of aromatic amines is 1. The summed E-state index contributed by atoms with van der Waals surface area (Å²) >= 11 is 4.62. The highest BCUT2D eigenvalue weighted by Crippen LogP contribution is 1.88. The van der Waals surface area contributed by atoms with Crippen LogP contribution < -0.4 is 0 Å². The van der Waals surface area contributed by atoms with E-state index < -0.39 is 0 Å². The molecule has 9 heavy (non-hydrogen) atoms. The van der Waals surface area contributed by atoms with Crippen LogP contribution in [0.4, 0.5) is 0 Å². The van der Waals surface area contributed by atoms with Crippen LogP contribution in [0.5, 0.6) is 0 Å². The van der Waals surface area contributed by atoms with Gasteiger partial charge in [-0.15, -0.1) is 0 Å². The number of hydrogen-bond donors (Lipinski definition) is 1. The number of H-pyrrole nitrogens is 1. The molecule has 1 aromatic rings. The van der Waals surface area contributed by atoms with Crippen LogP contribution in [0.25, 0.3) is 0 Å². The highest BCUT2D eigenvalue weighted by Gasteiger charge is 1.93. The van der Waals surface area contributed by atoms with E-state index in [1.165, 1.54) is 0 Å². The lowest BCUT2D eigenvalue weighted by molar-refractivity contribution is 1.00. The van der Waals surface area contributed by atoms with Crippen molar-refractivity contribution in [3.8, 4) is 0 Å². The van der Waals surface area contributed by atoms with Crippen LogP contribution in [0, 0.1) is 6.92 Å². The maximum absolute atomic E-state index is 4.62. The molecule has 0 fully saturated rings. The van der Waals surface area contributed by atoms with E-state index in [2.05, 4.69) is 27.4 Å². The zero-order valence-corrected chi connectivity index (χ0v) is 5.90. The highest BCUT2D eigenvalue weighted by molar-refractivity contribution is 7.78. The summed E-state index contributed by atoms with van der Waals surface area (Å²) in [5.41, 5.74) is 0. The third-order valence-electron chi connectivity index (χ3n) is 0.909. The molecule has 1 aromatic heterocycles. The van der Waals surface area contributed by atoms with Gasteiger partial charge < -0.3 is 0 Å². The first kappa shape index (κ1) is 6.35. The van der Waals surface area contributed by atoms with E-state index in [9.17, 15) is 0 Å². The Labute approximate surface area is 58.5 Å². The largest absolute Gasteiger partial charge is 0.263 e. The third-order valence-corrected chi connectivity index (χ3v) is 1.08. The van der Waals surface area contributed by atoms with Crippen molar-refractivity contribution >= 4 is 17.6 Å². The summed E-state index contributed by atoms with van der Waals surface area (Å²) in [6, 6.07) is 0. The minimum absolute atomic E-state index is 0.666. The van der Waals surface area contributed by atoms with E-state index in [1.807, 2.05) is 6.92 Å². The molecule has 0 saturated heterocycles. The highest BCUT2D eigenvalue weighted by atomic mass is 32.1. The van der Waals surface area contributed by atoms with Crippen molar-refractivity contribution in [2.75, 3.05) is 0 Å². The molecule has 0 aliphatic rings. The molecular formula is C5H7N3S. The van der Waals surface area contributed by atoms with Crippen LogP contribution in [0.15, 0.2) is 0 Å². The lowest BCUT2D eigenvalue weighted by Crippen LogP contribution is -1.86. The fourth-order valence-corrected chi connectivity index (χ4v) is 0.704. The van der Waals surface area contributed by atoms with Gasteiger partial charge >= 0.3 is 0 Å². The van der Waals surface area contributed by atoms with Crippen LogP contribution in [0.2, 0.25) is 0 Å². The summed E-state index contributed by atoms with van der Waals surface area (Å²) in [7, 11) is 0. The Bertz CT molecular complexity index is 206. The predicted octanol–water partition coefficient (Wildman–Crippen LogP) is 0.655. The average molecular weight is 141 g/mol. The Balaban J connectivity index is 2.72. The van der Waals surface area contributed by atoms with Crippen LogP contribution in [-0.4, -0.2) is 20.5 Å². The molecule has 0 aliphatic heterocycles. The quantitative estimate of drug-likeness (QED) is 0.615. The normalized spacial score (nSPS) is 9.44. The number of thiocarbonyl (C=S) groups is 1. The number of nitrogens with one attached hydrogen (secondary N) is 1. The first-order chi connectivity index (χ1) is 4.33. The van der Waals surface area contributed by atoms with Crippen molar-refractivity contribution in [3.05, 3.63) is 11.6 Å². The van der Waals surface area contributed by atoms with Gasteiger partial charge in [-0.3, -0.25) is 5.10 Å². The van der Waals surface area contributed by atoms with E-state index in [1.54, 1.807) is 5.37 Å². The van der Waals surface area contributed by atoms with Crippen molar-refractivity contribution in [1.29, 1.82) is 0 Å². The first-order valence-electron chi connectivity index (χ1n) is 2.64. The van der Waals surface area contributed by atoms with Crippen molar-refractivity contribution in [2.45, 2.75) is 13.3 Å². The van der Waals surface area contributed by atoms with Gasteiger partial charge in [-0.2, -0.15) is 5.10 Å². The van der Waals surface area contributed by atoms with Gasteiger partial charge in [0.25, 0.3) is 0 Å². The maximum atomic E-state index is 4.62. The summed E-state index contributed by atoms with van der Waals surface area (Å²) in [5.74, 6) is 1.60. The molecule has 0 aliphatic carbocycles. The summed E-state index contributed by atoms with van der Waals surface area (Å²) in [6.45, 7) is 1.86. The molecule has 48 valence electrons. The maximum Gasteiger partial charge on any atom is 0.155 e. The third kappa shape index (κ3) is 1.57. The SMILES string of the molecule is Cc1nc(CC=S)n[nH]1. The van der Waals surface area contributed by atoms with E-state index >= 15 is 0 Å². The smallest absolute Gasteiger partial charge is 0.155 e. The molecule has 1 N–H and O–H groups in total. The molecule has 0 aromatic carbocycles. The summed E-state index contributed by atoms with van der Waals surface area (Å²) in [6.07, 6.45) is 0.666. The molecule has 0 bridgehead atoms. The summed E-state index contributed by atoms with van der Waals surface area (Å²) in [4.78, 5) is 4.04. The lowest BCUT2D eigenvalue weighted by atomic mass is 10.5. The van der Waals surface area contributed by atoms with Crippen LogP contribution >= 0.6 is 12.2 Å². The molecule has 0 atom stereocenters. The minimum Gasteiger partial charge on any atom is -0.263 e. The lowest BCUT2D eigenvalue weighted by Gasteiger charge is -1.77. The van der Waals surface area contributed by atoms with Gasteiger partial charge in [-0.25, -0.2) is 4.98 Å². The van der Waals surface area contributed by atoms with Crippen LogP contribution in [-0.2, 0) is 6.42 Å². The van der Waals surface area contributed by atoms with Crippen molar-refractivity contribution in [1.82, 2.24) is 15.2 Å². The summed E-state index contributed by atoms with van der Waals surface area (Å²) in [5, 5.41) is 8.21. The number of aryl methyl sites for hydroxylation is 1. The van der Waals surface area contributed by atoms with E-state index in [-0.39, 0.29) is 0 Å². The molecule has 4 heteroatoms. The van der Waals surface area contributed by atoms with Crippen molar-refractivity contribution < 1.29 is 0 Å².